The number of carbonyl (C=O) groups excluding carboxylic acids is 5. The van der Waals surface area contributed by atoms with Crippen molar-refractivity contribution in [2.75, 3.05) is 6.54 Å². The van der Waals surface area contributed by atoms with Gasteiger partial charge in [-0.2, -0.15) is 0 Å². The maximum absolute atomic E-state index is 14.0. The van der Waals surface area contributed by atoms with E-state index in [9.17, 15) is 28.4 Å². The maximum Gasteiger partial charge on any atom is 0.417 e. The Kier molecular flexibility index (Phi) is 7.21. The lowest BCUT2D eigenvalue weighted by molar-refractivity contribution is -0.157. The van der Waals surface area contributed by atoms with Crippen LogP contribution < -0.4 is 5.73 Å². The lowest BCUT2D eigenvalue weighted by Crippen LogP contribution is -2.53. The number of ether oxygens (including phenoxy) is 2. The number of esters is 1. The third-order valence-electron chi connectivity index (χ3n) is 4.98. The van der Waals surface area contributed by atoms with Gasteiger partial charge in [-0.1, -0.05) is 0 Å². The van der Waals surface area contributed by atoms with Gasteiger partial charge in [0.15, 0.2) is 0 Å². The highest BCUT2D eigenvalue weighted by molar-refractivity contribution is 6.03. The van der Waals surface area contributed by atoms with Crippen molar-refractivity contribution in [2.24, 2.45) is 11.7 Å². The first-order chi connectivity index (χ1) is 14.5. The lowest BCUT2D eigenvalue weighted by Gasteiger charge is -2.30. The summed E-state index contributed by atoms with van der Waals surface area (Å²) in [6.07, 6.45) is -3.30. The third-order valence-corrected chi connectivity index (χ3v) is 4.98. The van der Waals surface area contributed by atoms with Crippen LogP contribution >= 0.6 is 0 Å². The molecule has 0 bridgehead atoms. The Labute approximate surface area is 186 Å². The number of nitrogens with zero attached hydrogens (tertiary/aromatic N) is 2. The smallest absolute Gasteiger partial charge is 0.417 e. The fourth-order valence-corrected chi connectivity index (χ4v) is 3.81. The standard InChI is InChI=1S/C21H32FN3O7/c1-20(2,3)31-15(26)8-11-7-14(25(17(11)28)19(30)32-21(4,5)6)18(29)24-10-12(22)9-13(24)16(23)27/h11-14H,7-10H2,1-6H3,(H2,23,27)/t11-,12-,13-,14-/m0/s1. The average Bonchev–Trinajstić information content (AvgIpc) is 3.12. The topological polar surface area (TPSA) is 136 Å². The molecule has 4 atom stereocenters. The Hall–Kier alpha value is -2.72. The van der Waals surface area contributed by atoms with E-state index >= 15 is 0 Å². The number of imide groups is 1. The molecular formula is C21H32FN3O7. The van der Waals surface area contributed by atoms with Crippen LogP contribution in [-0.4, -0.2) is 75.6 Å². The van der Waals surface area contributed by atoms with Crippen molar-refractivity contribution in [1.29, 1.82) is 0 Å². The van der Waals surface area contributed by atoms with Crippen molar-refractivity contribution in [3.8, 4) is 0 Å². The highest BCUT2D eigenvalue weighted by atomic mass is 19.1. The van der Waals surface area contributed by atoms with Crippen molar-refractivity contribution >= 4 is 29.8 Å². The average molecular weight is 457 g/mol. The van der Waals surface area contributed by atoms with Crippen LogP contribution in [0.2, 0.25) is 0 Å². The zero-order chi connectivity index (χ0) is 24.6. The fraction of sp³-hybridized carbons (Fsp3) is 0.762. The van der Waals surface area contributed by atoms with Gasteiger partial charge in [-0.15, -0.1) is 0 Å². The summed E-state index contributed by atoms with van der Waals surface area (Å²) in [5.74, 6) is -4.11. The molecule has 2 aliphatic rings. The summed E-state index contributed by atoms with van der Waals surface area (Å²) in [5, 5.41) is 0. The van der Waals surface area contributed by atoms with E-state index in [0.717, 1.165) is 4.90 Å². The van der Waals surface area contributed by atoms with Gasteiger partial charge in [0, 0.05) is 6.42 Å². The van der Waals surface area contributed by atoms with Crippen LogP contribution in [0.5, 0.6) is 0 Å². The van der Waals surface area contributed by atoms with Crippen molar-refractivity contribution < 1.29 is 37.8 Å². The van der Waals surface area contributed by atoms with Gasteiger partial charge < -0.3 is 20.1 Å². The Bertz CT molecular complexity index is 802. The molecule has 0 radical (unpaired) electrons. The van der Waals surface area contributed by atoms with Crippen molar-refractivity contribution in [3.05, 3.63) is 0 Å². The van der Waals surface area contributed by atoms with Crippen LogP contribution in [0, 0.1) is 5.92 Å². The molecule has 2 rings (SSSR count). The number of likely N-dealkylation sites (tertiary alicyclic amines) is 2. The zero-order valence-corrected chi connectivity index (χ0v) is 19.3. The van der Waals surface area contributed by atoms with E-state index in [2.05, 4.69) is 0 Å². The first-order valence-corrected chi connectivity index (χ1v) is 10.5. The van der Waals surface area contributed by atoms with E-state index in [4.69, 9.17) is 15.2 Å². The van der Waals surface area contributed by atoms with E-state index in [1.54, 1.807) is 41.5 Å². The first-order valence-electron chi connectivity index (χ1n) is 10.5. The largest absolute Gasteiger partial charge is 0.460 e. The predicted octanol–water partition coefficient (Wildman–Crippen LogP) is 1.29. The molecule has 2 aliphatic heterocycles. The van der Waals surface area contributed by atoms with Crippen LogP contribution in [0.1, 0.15) is 60.8 Å². The molecule has 2 N–H and O–H groups in total. The second-order valence-corrected chi connectivity index (χ2v) is 10.2. The number of alkyl halides is 1. The normalized spacial score (nSPS) is 26.3. The number of halogens is 1. The lowest BCUT2D eigenvalue weighted by atomic mass is 10.0. The molecule has 0 spiro atoms. The third kappa shape index (κ3) is 6.17. The molecule has 2 fully saturated rings. The van der Waals surface area contributed by atoms with Crippen molar-refractivity contribution in [3.63, 3.8) is 0 Å². The first kappa shape index (κ1) is 25.5. The number of nitrogens with two attached hydrogens (primary N) is 1. The zero-order valence-electron chi connectivity index (χ0n) is 19.3. The molecule has 0 aliphatic carbocycles. The number of primary amides is 1. The van der Waals surface area contributed by atoms with E-state index in [0.29, 0.717) is 4.90 Å². The number of hydrogen-bond donors (Lipinski definition) is 1. The molecule has 10 nitrogen and oxygen atoms in total. The van der Waals surface area contributed by atoms with E-state index in [-0.39, 0.29) is 25.8 Å². The Morgan fingerprint density at radius 2 is 1.56 bits per heavy atom. The fourth-order valence-electron chi connectivity index (χ4n) is 3.81. The van der Waals surface area contributed by atoms with Gasteiger partial charge in [-0.3, -0.25) is 19.2 Å². The van der Waals surface area contributed by atoms with E-state index in [1.807, 2.05) is 0 Å². The number of rotatable bonds is 4. The van der Waals surface area contributed by atoms with Gasteiger partial charge in [0.05, 0.1) is 18.9 Å². The SMILES string of the molecule is CC(C)(C)OC(=O)C[C@@H]1C[C@@H](C(=O)N2C[C@@H](F)C[C@H]2C(N)=O)N(C(=O)OC(C)(C)C)C1=O. The summed E-state index contributed by atoms with van der Waals surface area (Å²) in [4.78, 5) is 64.6. The summed E-state index contributed by atoms with van der Waals surface area (Å²) in [7, 11) is 0. The summed E-state index contributed by atoms with van der Waals surface area (Å²) in [5.41, 5.74) is 3.58. The van der Waals surface area contributed by atoms with E-state index in [1.165, 1.54) is 0 Å². The van der Waals surface area contributed by atoms with Crippen molar-refractivity contribution in [1.82, 2.24) is 9.80 Å². The Morgan fingerprint density at radius 3 is 2.06 bits per heavy atom. The molecule has 0 unspecified atom stereocenters. The molecule has 32 heavy (non-hydrogen) atoms. The monoisotopic (exact) mass is 457 g/mol. The van der Waals surface area contributed by atoms with Gasteiger partial charge in [0.1, 0.15) is 29.5 Å². The summed E-state index contributed by atoms with van der Waals surface area (Å²) < 4.78 is 24.5. The van der Waals surface area contributed by atoms with Gasteiger partial charge in [-0.25, -0.2) is 14.1 Å². The van der Waals surface area contributed by atoms with Crippen LogP contribution in [0.3, 0.4) is 0 Å². The number of carbonyl (C=O) groups is 5. The van der Waals surface area contributed by atoms with Crippen LogP contribution in [0.4, 0.5) is 9.18 Å². The minimum Gasteiger partial charge on any atom is -0.460 e. The molecule has 0 aromatic heterocycles. The summed E-state index contributed by atoms with van der Waals surface area (Å²) in [6, 6.07) is -2.53. The molecule has 4 amide bonds. The van der Waals surface area contributed by atoms with Gasteiger partial charge >= 0.3 is 12.1 Å². The number of hydrogen-bond acceptors (Lipinski definition) is 7. The molecule has 0 aromatic carbocycles. The van der Waals surface area contributed by atoms with E-state index < -0.39 is 65.2 Å². The Balaban J connectivity index is 2.31. The Morgan fingerprint density at radius 1 is 1.00 bits per heavy atom. The molecule has 180 valence electrons. The second kappa shape index (κ2) is 9.03. The minimum absolute atomic E-state index is 0.185. The molecule has 0 saturated carbocycles. The molecule has 2 heterocycles. The van der Waals surface area contributed by atoms with Crippen molar-refractivity contribution in [2.45, 2.75) is 90.3 Å². The quantitative estimate of drug-likeness (QED) is 0.628. The molecule has 0 aromatic rings. The van der Waals surface area contributed by atoms with Gasteiger partial charge in [-0.05, 0) is 48.0 Å². The van der Waals surface area contributed by atoms with Crippen LogP contribution in [0.25, 0.3) is 0 Å². The van der Waals surface area contributed by atoms with Gasteiger partial charge in [0.25, 0.3) is 0 Å². The highest BCUT2D eigenvalue weighted by Crippen LogP contribution is 2.33. The molecule has 2 saturated heterocycles. The number of amides is 4. The summed E-state index contributed by atoms with van der Waals surface area (Å²) in [6.45, 7) is 9.42. The predicted molar refractivity (Wildman–Crippen MR) is 110 cm³/mol. The van der Waals surface area contributed by atoms with Gasteiger partial charge in [0.2, 0.25) is 17.7 Å². The highest BCUT2D eigenvalue weighted by Gasteiger charge is 2.52. The second-order valence-electron chi connectivity index (χ2n) is 10.2. The van der Waals surface area contributed by atoms with Crippen LogP contribution in [0.15, 0.2) is 0 Å². The minimum atomic E-state index is -1.46. The maximum atomic E-state index is 14.0. The molecule has 11 heteroatoms. The molecular weight excluding hydrogens is 425 g/mol. The summed E-state index contributed by atoms with van der Waals surface area (Å²) >= 11 is 0. The van der Waals surface area contributed by atoms with Crippen LogP contribution in [-0.2, 0) is 28.7 Å².